The lowest BCUT2D eigenvalue weighted by molar-refractivity contribution is -0.126. The highest BCUT2D eigenvalue weighted by atomic mass is 35.5. The zero-order valence-corrected chi connectivity index (χ0v) is 14.2. The Hall–Kier alpha value is -0.770. The van der Waals surface area contributed by atoms with Crippen LogP contribution in [0.15, 0.2) is 24.3 Å². The second kappa shape index (κ2) is 8.02. The van der Waals surface area contributed by atoms with Gasteiger partial charge >= 0.3 is 0 Å². The molecule has 5 heteroatoms. The Labute approximate surface area is 138 Å². The summed E-state index contributed by atoms with van der Waals surface area (Å²) < 4.78 is 0. The molecule has 0 aromatic heterocycles. The number of halogens is 2. The zero-order valence-electron chi connectivity index (χ0n) is 12.6. The summed E-state index contributed by atoms with van der Waals surface area (Å²) in [4.78, 5) is 12.4. The summed E-state index contributed by atoms with van der Waals surface area (Å²) in [5.41, 5.74) is 0.843. The average molecular weight is 331 g/mol. The Kier molecular flexibility index (Phi) is 6.98. The van der Waals surface area contributed by atoms with Crippen molar-refractivity contribution in [3.63, 3.8) is 0 Å². The summed E-state index contributed by atoms with van der Waals surface area (Å²) in [6.45, 7) is 5.96. The maximum atomic E-state index is 12.4. The van der Waals surface area contributed by atoms with Gasteiger partial charge in [0, 0.05) is 11.6 Å². The van der Waals surface area contributed by atoms with E-state index < -0.39 is 0 Å². The van der Waals surface area contributed by atoms with Crippen molar-refractivity contribution in [3.05, 3.63) is 34.9 Å². The van der Waals surface area contributed by atoms with Crippen molar-refractivity contribution in [2.75, 3.05) is 13.1 Å². The van der Waals surface area contributed by atoms with Gasteiger partial charge in [0.2, 0.25) is 5.91 Å². The summed E-state index contributed by atoms with van der Waals surface area (Å²) >= 11 is 5.96. The van der Waals surface area contributed by atoms with Crippen molar-refractivity contribution in [2.24, 2.45) is 5.92 Å². The van der Waals surface area contributed by atoms with Gasteiger partial charge < -0.3 is 10.6 Å². The molecule has 2 rings (SSSR count). The van der Waals surface area contributed by atoms with E-state index in [2.05, 4.69) is 24.5 Å². The first-order valence-electron chi connectivity index (χ1n) is 7.40. The van der Waals surface area contributed by atoms with Crippen LogP contribution in [0.5, 0.6) is 0 Å². The summed E-state index contributed by atoms with van der Waals surface area (Å²) in [6.07, 6.45) is 2.67. The minimum Gasteiger partial charge on any atom is -0.346 e. The topological polar surface area (TPSA) is 41.1 Å². The number of rotatable bonds is 5. The molecule has 1 fully saturated rings. The summed E-state index contributed by atoms with van der Waals surface area (Å²) in [5.74, 6) is 0.258. The van der Waals surface area contributed by atoms with Crippen molar-refractivity contribution in [1.29, 1.82) is 0 Å². The number of nitrogens with one attached hydrogen (secondary N) is 2. The van der Waals surface area contributed by atoms with Crippen LogP contribution in [-0.4, -0.2) is 19.0 Å². The summed E-state index contributed by atoms with van der Waals surface area (Å²) in [7, 11) is 0. The Morgan fingerprint density at radius 1 is 1.33 bits per heavy atom. The van der Waals surface area contributed by atoms with Crippen LogP contribution in [0, 0.1) is 5.92 Å². The molecule has 0 spiro atoms. The first kappa shape index (κ1) is 18.3. The third-order valence-electron chi connectivity index (χ3n) is 4.40. The van der Waals surface area contributed by atoms with Gasteiger partial charge in [-0.25, -0.2) is 0 Å². The molecule has 0 radical (unpaired) electrons. The number of carbonyl (C=O) groups is 1. The molecule has 0 aliphatic carbocycles. The van der Waals surface area contributed by atoms with Crippen molar-refractivity contribution in [2.45, 2.75) is 38.6 Å². The van der Waals surface area contributed by atoms with E-state index in [1.165, 1.54) is 0 Å². The fourth-order valence-electron chi connectivity index (χ4n) is 2.89. The van der Waals surface area contributed by atoms with Crippen LogP contribution in [0.4, 0.5) is 0 Å². The molecule has 1 aliphatic rings. The lowest BCUT2D eigenvalue weighted by Gasteiger charge is -2.34. The molecule has 1 atom stereocenters. The van der Waals surface area contributed by atoms with E-state index in [4.69, 9.17) is 11.6 Å². The van der Waals surface area contributed by atoms with Crippen molar-refractivity contribution < 1.29 is 4.79 Å². The first-order chi connectivity index (χ1) is 9.61. The minimum absolute atomic E-state index is 0. The maximum absolute atomic E-state index is 12.4. The van der Waals surface area contributed by atoms with Crippen LogP contribution < -0.4 is 10.6 Å². The largest absolute Gasteiger partial charge is 0.346 e. The van der Waals surface area contributed by atoms with E-state index in [0.717, 1.165) is 42.9 Å². The molecule has 118 valence electrons. The molecule has 21 heavy (non-hydrogen) atoms. The average Bonchev–Trinajstić information content (AvgIpc) is 3.00. The SMILES string of the molecule is CCC(CC)(NC(=O)C1CCNC1)c1ccc(Cl)cc1.Cl. The highest BCUT2D eigenvalue weighted by Gasteiger charge is 2.33. The van der Waals surface area contributed by atoms with Gasteiger partial charge in [-0.1, -0.05) is 37.6 Å². The van der Waals surface area contributed by atoms with E-state index >= 15 is 0 Å². The van der Waals surface area contributed by atoms with Gasteiger partial charge in [-0.15, -0.1) is 12.4 Å². The molecular formula is C16H24Cl2N2O. The molecule has 0 saturated carbocycles. The van der Waals surface area contributed by atoms with Gasteiger partial charge in [0.05, 0.1) is 11.5 Å². The quantitative estimate of drug-likeness (QED) is 0.867. The highest BCUT2D eigenvalue weighted by molar-refractivity contribution is 6.30. The Bertz CT molecular complexity index is 452. The molecule has 1 amide bonds. The molecule has 1 unspecified atom stereocenters. The number of carbonyl (C=O) groups excluding carboxylic acids is 1. The van der Waals surface area contributed by atoms with E-state index in [0.29, 0.717) is 0 Å². The first-order valence-corrected chi connectivity index (χ1v) is 7.78. The van der Waals surface area contributed by atoms with Crippen molar-refractivity contribution >= 4 is 29.9 Å². The van der Waals surface area contributed by atoms with E-state index in [1.807, 2.05) is 24.3 Å². The Balaban J connectivity index is 0.00000220. The van der Waals surface area contributed by atoms with Crippen LogP contribution in [-0.2, 0) is 10.3 Å². The van der Waals surface area contributed by atoms with Gasteiger partial charge in [-0.2, -0.15) is 0 Å². The second-order valence-corrected chi connectivity index (χ2v) is 5.91. The van der Waals surface area contributed by atoms with Gasteiger partial charge in [-0.05, 0) is 43.5 Å². The summed E-state index contributed by atoms with van der Waals surface area (Å²) in [6, 6.07) is 7.81. The summed E-state index contributed by atoms with van der Waals surface area (Å²) in [5, 5.41) is 7.25. The third-order valence-corrected chi connectivity index (χ3v) is 4.65. The van der Waals surface area contributed by atoms with Crippen LogP contribution in [0.25, 0.3) is 0 Å². The highest BCUT2D eigenvalue weighted by Crippen LogP contribution is 2.30. The molecule has 1 heterocycles. The standard InChI is InChI=1S/C16H23ClN2O.ClH/c1-3-16(4-2,13-5-7-14(17)8-6-13)19-15(20)12-9-10-18-11-12;/h5-8,12,18H,3-4,9-11H2,1-2H3,(H,19,20);1H. The van der Waals surface area contributed by atoms with Crippen molar-refractivity contribution in [1.82, 2.24) is 10.6 Å². The number of hydrogen-bond donors (Lipinski definition) is 2. The Morgan fingerprint density at radius 2 is 1.95 bits per heavy atom. The van der Waals surface area contributed by atoms with Gasteiger partial charge in [-0.3, -0.25) is 4.79 Å². The molecule has 2 N–H and O–H groups in total. The number of hydrogen-bond acceptors (Lipinski definition) is 2. The fourth-order valence-corrected chi connectivity index (χ4v) is 3.02. The van der Waals surface area contributed by atoms with Gasteiger partial charge in [0.25, 0.3) is 0 Å². The smallest absolute Gasteiger partial charge is 0.225 e. The zero-order chi connectivity index (χ0) is 14.6. The molecule has 3 nitrogen and oxygen atoms in total. The fraction of sp³-hybridized carbons (Fsp3) is 0.562. The lowest BCUT2D eigenvalue weighted by atomic mass is 9.84. The second-order valence-electron chi connectivity index (χ2n) is 5.48. The third kappa shape index (κ3) is 4.12. The number of benzene rings is 1. The predicted molar refractivity (Wildman–Crippen MR) is 90.1 cm³/mol. The molecule has 0 bridgehead atoms. The van der Waals surface area contributed by atoms with Crippen molar-refractivity contribution in [3.8, 4) is 0 Å². The van der Waals surface area contributed by atoms with Crippen LogP contribution in [0.2, 0.25) is 5.02 Å². The van der Waals surface area contributed by atoms with Crippen LogP contribution in [0.1, 0.15) is 38.7 Å². The molecular weight excluding hydrogens is 307 g/mol. The van der Waals surface area contributed by atoms with Crippen LogP contribution >= 0.6 is 24.0 Å². The Morgan fingerprint density at radius 3 is 2.43 bits per heavy atom. The molecule has 1 aromatic rings. The minimum atomic E-state index is -0.287. The normalized spacial score (nSPS) is 18.1. The maximum Gasteiger partial charge on any atom is 0.225 e. The van der Waals surface area contributed by atoms with E-state index in [-0.39, 0.29) is 29.8 Å². The van der Waals surface area contributed by atoms with Gasteiger partial charge in [0.15, 0.2) is 0 Å². The van der Waals surface area contributed by atoms with Crippen LogP contribution in [0.3, 0.4) is 0 Å². The molecule has 1 aromatic carbocycles. The van der Waals surface area contributed by atoms with Gasteiger partial charge in [0.1, 0.15) is 0 Å². The monoisotopic (exact) mass is 330 g/mol. The van der Waals surface area contributed by atoms with E-state index in [9.17, 15) is 4.79 Å². The molecule has 1 saturated heterocycles. The van der Waals surface area contributed by atoms with E-state index in [1.54, 1.807) is 0 Å². The molecule has 1 aliphatic heterocycles. The predicted octanol–water partition coefficient (Wildman–Crippen LogP) is 3.50. The number of amides is 1. The lowest BCUT2D eigenvalue weighted by Crippen LogP contribution is -2.47.